The van der Waals surface area contributed by atoms with Gasteiger partial charge in [0.2, 0.25) is 17.7 Å². The van der Waals surface area contributed by atoms with E-state index in [2.05, 4.69) is 10.1 Å². The summed E-state index contributed by atoms with van der Waals surface area (Å²) in [5.41, 5.74) is 0. The number of hydrogen-bond acceptors (Lipinski definition) is 5. The molecule has 2 amide bonds. The quantitative estimate of drug-likeness (QED) is 0.838. The number of hydrogen-bond donors (Lipinski definition) is 0. The molecule has 2 aliphatic heterocycles. The molecular weight excluding hydrogens is 308 g/mol. The molecule has 1 aromatic heterocycles. The molecule has 7 nitrogen and oxygen atoms in total. The summed E-state index contributed by atoms with van der Waals surface area (Å²) in [6, 6.07) is -0.263. The number of carbonyl (C=O) groups excluding carboxylic acids is 2. The predicted molar refractivity (Wildman–Crippen MR) is 85.0 cm³/mol. The Hall–Kier alpha value is -1.92. The van der Waals surface area contributed by atoms with Crippen LogP contribution in [0.4, 0.5) is 0 Å². The van der Waals surface area contributed by atoms with Gasteiger partial charge < -0.3 is 14.3 Å². The molecule has 3 aliphatic rings. The Balaban J connectivity index is 1.44. The lowest BCUT2D eigenvalue weighted by Crippen LogP contribution is -2.50. The van der Waals surface area contributed by atoms with Gasteiger partial charge >= 0.3 is 0 Å². The van der Waals surface area contributed by atoms with E-state index in [1.54, 1.807) is 6.92 Å². The van der Waals surface area contributed by atoms with Crippen LogP contribution in [0.2, 0.25) is 0 Å². The Labute approximate surface area is 141 Å². The molecule has 1 aliphatic carbocycles. The second-order valence-corrected chi connectivity index (χ2v) is 7.27. The molecule has 2 atom stereocenters. The van der Waals surface area contributed by atoms with Crippen LogP contribution in [0.1, 0.15) is 56.2 Å². The third-order valence-corrected chi connectivity index (χ3v) is 5.37. The molecule has 1 saturated carbocycles. The Morgan fingerprint density at radius 3 is 2.58 bits per heavy atom. The molecule has 0 radical (unpaired) electrons. The van der Waals surface area contributed by atoms with Gasteiger partial charge in [0.25, 0.3) is 0 Å². The van der Waals surface area contributed by atoms with Crippen molar-refractivity contribution in [1.29, 1.82) is 0 Å². The summed E-state index contributed by atoms with van der Waals surface area (Å²) < 4.78 is 5.29. The second-order valence-electron chi connectivity index (χ2n) is 7.27. The van der Waals surface area contributed by atoms with Crippen molar-refractivity contribution in [3.63, 3.8) is 0 Å². The molecule has 2 saturated heterocycles. The summed E-state index contributed by atoms with van der Waals surface area (Å²) in [7, 11) is 0. The molecule has 3 fully saturated rings. The summed E-state index contributed by atoms with van der Waals surface area (Å²) >= 11 is 0. The van der Waals surface area contributed by atoms with Crippen molar-refractivity contribution in [2.24, 2.45) is 5.92 Å². The maximum absolute atomic E-state index is 13.0. The van der Waals surface area contributed by atoms with Gasteiger partial charge in [-0.2, -0.15) is 4.98 Å². The first kappa shape index (κ1) is 15.6. The zero-order valence-corrected chi connectivity index (χ0v) is 14.1. The van der Waals surface area contributed by atoms with Crippen molar-refractivity contribution in [1.82, 2.24) is 19.9 Å². The van der Waals surface area contributed by atoms with Gasteiger partial charge in [0.05, 0.1) is 5.92 Å². The molecule has 2 unspecified atom stereocenters. The van der Waals surface area contributed by atoms with Crippen LogP contribution in [-0.4, -0.2) is 57.4 Å². The molecule has 130 valence electrons. The molecule has 4 rings (SSSR count). The summed E-state index contributed by atoms with van der Waals surface area (Å²) in [6.07, 6.45) is 5.58. The smallest absolute Gasteiger partial charge is 0.245 e. The minimum atomic E-state index is -0.263. The maximum atomic E-state index is 13.0. The van der Waals surface area contributed by atoms with Gasteiger partial charge in [0, 0.05) is 25.6 Å². The third kappa shape index (κ3) is 2.91. The van der Waals surface area contributed by atoms with Crippen LogP contribution in [0.5, 0.6) is 0 Å². The minimum absolute atomic E-state index is 0.0995. The molecule has 0 aromatic carbocycles. The van der Waals surface area contributed by atoms with Crippen molar-refractivity contribution >= 4 is 11.8 Å². The zero-order chi connectivity index (χ0) is 16.7. The lowest BCUT2D eigenvalue weighted by atomic mass is 9.97. The van der Waals surface area contributed by atoms with E-state index < -0.39 is 0 Å². The van der Waals surface area contributed by atoms with Crippen molar-refractivity contribution in [3.05, 3.63) is 11.7 Å². The summed E-state index contributed by atoms with van der Waals surface area (Å²) in [6.45, 7) is 3.90. The fourth-order valence-electron chi connectivity index (χ4n) is 3.92. The van der Waals surface area contributed by atoms with Crippen LogP contribution in [0.3, 0.4) is 0 Å². The number of rotatable bonds is 3. The van der Waals surface area contributed by atoms with E-state index in [0.717, 1.165) is 51.6 Å². The molecule has 0 spiro atoms. The van der Waals surface area contributed by atoms with Gasteiger partial charge in [-0.05, 0) is 45.4 Å². The highest BCUT2D eigenvalue weighted by atomic mass is 16.5. The van der Waals surface area contributed by atoms with Gasteiger partial charge in [0.1, 0.15) is 6.04 Å². The molecule has 0 N–H and O–H groups in total. The van der Waals surface area contributed by atoms with E-state index in [0.29, 0.717) is 18.3 Å². The number of amides is 2. The lowest BCUT2D eigenvalue weighted by molar-refractivity contribution is -0.145. The van der Waals surface area contributed by atoms with E-state index in [1.807, 2.05) is 9.80 Å². The van der Waals surface area contributed by atoms with Gasteiger partial charge in [-0.3, -0.25) is 9.59 Å². The van der Waals surface area contributed by atoms with E-state index in [4.69, 9.17) is 4.52 Å². The highest BCUT2D eigenvalue weighted by Crippen LogP contribution is 2.34. The Kier molecular flexibility index (Phi) is 4.02. The van der Waals surface area contributed by atoms with Gasteiger partial charge in [-0.1, -0.05) is 5.16 Å². The molecule has 7 heteroatoms. The summed E-state index contributed by atoms with van der Waals surface area (Å²) in [5, 5.41) is 3.86. The first-order valence-corrected chi connectivity index (χ1v) is 9.03. The van der Waals surface area contributed by atoms with Crippen LogP contribution < -0.4 is 0 Å². The largest absolute Gasteiger partial charge is 0.340 e. The average Bonchev–Trinajstić information content (AvgIpc) is 3.17. The summed E-state index contributed by atoms with van der Waals surface area (Å²) in [4.78, 5) is 33.5. The number of piperidine rings is 1. The minimum Gasteiger partial charge on any atom is -0.340 e. The van der Waals surface area contributed by atoms with E-state index in [1.165, 1.54) is 0 Å². The molecule has 24 heavy (non-hydrogen) atoms. The van der Waals surface area contributed by atoms with Crippen molar-refractivity contribution < 1.29 is 14.1 Å². The second kappa shape index (κ2) is 6.18. The van der Waals surface area contributed by atoms with Gasteiger partial charge in [0.15, 0.2) is 5.82 Å². The van der Waals surface area contributed by atoms with E-state index in [9.17, 15) is 9.59 Å². The normalized spacial score (nSPS) is 27.5. The third-order valence-electron chi connectivity index (χ3n) is 5.37. The fraction of sp³-hybridized carbons (Fsp3) is 0.765. The highest BCUT2D eigenvalue weighted by molar-refractivity contribution is 5.90. The number of aromatic nitrogens is 2. The standard InChI is InChI=1S/C17H24N4O3/c1-11-18-15(24-19-11)13-4-2-8-20(10-13)17(23)14-5-3-9-21(14)16(22)12-6-7-12/h12-14H,2-10H2,1H3. The highest BCUT2D eigenvalue weighted by Gasteiger charge is 2.42. The van der Waals surface area contributed by atoms with E-state index in [-0.39, 0.29) is 29.7 Å². The van der Waals surface area contributed by atoms with Crippen LogP contribution in [0, 0.1) is 12.8 Å². The SMILES string of the molecule is Cc1noc(C2CCCN(C(=O)C3CCCN3C(=O)C3CC3)C2)n1. The lowest BCUT2D eigenvalue weighted by Gasteiger charge is -2.35. The summed E-state index contributed by atoms with van der Waals surface area (Å²) in [5.74, 6) is 1.83. The number of carbonyl (C=O) groups is 2. The number of likely N-dealkylation sites (tertiary alicyclic amines) is 2. The van der Waals surface area contributed by atoms with Crippen LogP contribution in [0.15, 0.2) is 4.52 Å². The topological polar surface area (TPSA) is 79.5 Å². The molecule has 3 heterocycles. The van der Waals surface area contributed by atoms with Gasteiger partial charge in [-0.15, -0.1) is 0 Å². The van der Waals surface area contributed by atoms with Crippen LogP contribution in [-0.2, 0) is 9.59 Å². The zero-order valence-electron chi connectivity index (χ0n) is 14.1. The van der Waals surface area contributed by atoms with Crippen LogP contribution >= 0.6 is 0 Å². The number of nitrogens with zero attached hydrogens (tertiary/aromatic N) is 4. The number of aryl methyl sites for hydroxylation is 1. The molecule has 0 bridgehead atoms. The van der Waals surface area contributed by atoms with Crippen molar-refractivity contribution in [2.45, 2.75) is 57.4 Å². The average molecular weight is 332 g/mol. The van der Waals surface area contributed by atoms with Crippen molar-refractivity contribution in [3.8, 4) is 0 Å². The van der Waals surface area contributed by atoms with Gasteiger partial charge in [-0.25, -0.2) is 0 Å². The Morgan fingerprint density at radius 1 is 1.08 bits per heavy atom. The van der Waals surface area contributed by atoms with Crippen molar-refractivity contribution in [2.75, 3.05) is 19.6 Å². The molecular formula is C17H24N4O3. The fourth-order valence-corrected chi connectivity index (χ4v) is 3.92. The first-order chi connectivity index (χ1) is 11.6. The Morgan fingerprint density at radius 2 is 1.88 bits per heavy atom. The molecule has 1 aromatic rings. The monoisotopic (exact) mass is 332 g/mol. The maximum Gasteiger partial charge on any atom is 0.245 e. The Bertz CT molecular complexity index is 640. The van der Waals surface area contributed by atoms with E-state index >= 15 is 0 Å². The predicted octanol–water partition coefficient (Wildman–Crippen LogP) is 1.49. The first-order valence-electron chi connectivity index (χ1n) is 9.03. The van der Waals surface area contributed by atoms with Crippen LogP contribution in [0.25, 0.3) is 0 Å².